The van der Waals surface area contributed by atoms with Gasteiger partial charge < -0.3 is 14.2 Å². The Morgan fingerprint density at radius 1 is 1.17 bits per heavy atom. The summed E-state index contributed by atoms with van der Waals surface area (Å²) in [6.07, 6.45) is 0.525. The molecular weight excluding hydrogens is 252 g/mol. The van der Waals surface area contributed by atoms with Crippen LogP contribution in [0.3, 0.4) is 0 Å². The maximum absolute atomic E-state index is 5.89. The largest absolute Gasteiger partial charge is 0.493 e. The fraction of sp³-hybridized carbons (Fsp3) is 0.571. The fourth-order valence-corrected chi connectivity index (χ4v) is 1.85. The predicted molar refractivity (Wildman–Crippen MR) is 73.3 cm³/mol. The number of rotatable bonds is 8. The summed E-state index contributed by atoms with van der Waals surface area (Å²) in [5, 5.41) is 0.723. The Hall–Kier alpha value is -0.770. The first-order valence-corrected chi connectivity index (χ1v) is 6.67. The first kappa shape index (κ1) is 15.3. The van der Waals surface area contributed by atoms with Crippen LogP contribution >= 0.6 is 11.6 Å². The number of benzene rings is 1. The van der Waals surface area contributed by atoms with Gasteiger partial charge >= 0.3 is 0 Å². The van der Waals surface area contributed by atoms with E-state index in [0.717, 1.165) is 16.3 Å². The molecule has 0 amide bonds. The second-order valence-electron chi connectivity index (χ2n) is 3.89. The number of hydrogen-bond donors (Lipinski definition) is 0. The van der Waals surface area contributed by atoms with E-state index in [-0.39, 0.29) is 6.29 Å². The molecule has 0 fully saturated rings. The second-order valence-corrected chi connectivity index (χ2v) is 4.32. The molecule has 0 bridgehead atoms. The lowest BCUT2D eigenvalue weighted by molar-refractivity contribution is -0.142. The van der Waals surface area contributed by atoms with Crippen molar-refractivity contribution in [2.45, 2.75) is 33.5 Å². The number of ether oxygens (including phenoxy) is 3. The zero-order chi connectivity index (χ0) is 13.4. The lowest BCUT2D eigenvalue weighted by atomic mass is 10.2. The van der Waals surface area contributed by atoms with E-state index in [0.29, 0.717) is 26.2 Å². The average Bonchev–Trinajstić information content (AvgIpc) is 2.32. The minimum absolute atomic E-state index is 0.187. The van der Waals surface area contributed by atoms with E-state index in [1.165, 1.54) is 0 Å². The molecule has 0 aliphatic rings. The standard InChI is InChI=1S/C14H21ClO3/c1-4-16-14(17-5-2)8-9-18-13-7-6-12(15)10-11(13)3/h6-7,10,14H,4-5,8-9H2,1-3H3. The van der Waals surface area contributed by atoms with Crippen molar-refractivity contribution >= 4 is 11.6 Å². The van der Waals surface area contributed by atoms with Crippen molar-refractivity contribution in [1.29, 1.82) is 0 Å². The highest BCUT2D eigenvalue weighted by Gasteiger charge is 2.08. The third-order valence-corrected chi connectivity index (χ3v) is 2.69. The molecule has 0 atom stereocenters. The predicted octanol–water partition coefficient (Wildman–Crippen LogP) is 3.82. The zero-order valence-electron chi connectivity index (χ0n) is 11.2. The van der Waals surface area contributed by atoms with Crippen LogP contribution in [0.5, 0.6) is 5.75 Å². The summed E-state index contributed by atoms with van der Waals surface area (Å²) in [6, 6.07) is 5.60. The molecule has 102 valence electrons. The molecule has 3 nitrogen and oxygen atoms in total. The van der Waals surface area contributed by atoms with Gasteiger partial charge in [-0.1, -0.05) is 11.6 Å². The number of hydrogen-bond acceptors (Lipinski definition) is 3. The molecule has 0 heterocycles. The first-order valence-electron chi connectivity index (χ1n) is 6.29. The highest BCUT2D eigenvalue weighted by atomic mass is 35.5. The quantitative estimate of drug-likeness (QED) is 0.674. The van der Waals surface area contributed by atoms with Crippen molar-refractivity contribution in [3.05, 3.63) is 28.8 Å². The average molecular weight is 273 g/mol. The van der Waals surface area contributed by atoms with Crippen molar-refractivity contribution in [3.8, 4) is 5.75 Å². The molecule has 4 heteroatoms. The van der Waals surface area contributed by atoms with E-state index in [1.807, 2.05) is 39.0 Å². The summed E-state index contributed by atoms with van der Waals surface area (Å²) in [4.78, 5) is 0. The van der Waals surface area contributed by atoms with Gasteiger partial charge in [0, 0.05) is 24.7 Å². The lowest BCUT2D eigenvalue weighted by Crippen LogP contribution is -2.20. The van der Waals surface area contributed by atoms with Crippen molar-refractivity contribution < 1.29 is 14.2 Å². The smallest absolute Gasteiger partial charge is 0.160 e. The molecule has 0 saturated heterocycles. The van der Waals surface area contributed by atoms with E-state index in [9.17, 15) is 0 Å². The van der Waals surface area contributed by atoms with E-state index >= 15 is 0 Å². The van der Waals surface area contributed by atoms with Crippen LogP contribution in [-0.2, 0) is 9.47 Å². The lowest BCUT2D eigenvalue weighted by Gasteiger charge is -2.17. The summed E-state index contributed by atoms with van der Waals surface area (Å²) in [6.45, 7) is 7.73. The van der Waals surface area contributed by atoms with Crippen LogP contribution in [0.2, 0.25) is 5.02 Å². The fourth-order valence-electron chi connectivity index (χ4n) is 1.63. The maximum Gasteiger partial charge on any atom is 0.160 e. The third kappa shape index (κ3) is 5.25. The van der Waals surface area contributed by atoms with Crippen LogP contribution in [0.1, 0.15) is 25.8 Å². The van der Waals surface area contributed by atoms with Gasteiger partial charge in [-0.25, -0.2) is 0 Å². The van der Waals surface area contributed by atoms with Crippen LogP contribution in [-0.4, -0.2) is 26.1 Å². The van der Waals surface area contributed by atoms with E-state index < -0.39 is 0 Å². The zero-order valence-corrected chi connectivity index (χ0v) is 12.0. The Morgan fingerprint density at radius 2 is 1.83 bits per heavy atom. The molecule has 0 saturated carbocycles. The van der Waals surface area contributed by atoms with Gasteiger partial charge in [-0.05, 0) is 44.5 Å². The van der Waals surface area contributed by atoms with Gasteiger partial charge in [-0.15, -0.1) is 0 Å². The molecule has 0 aliphatic heterocycles. The van der Waals surface area contributed by atoms with Crippen LogP contribution in [0.4, 0.5) is 0 Å². The third-order valence-electron chi connectivity index (χ3n) is 2.45. The molecule has 1 aromatic rings. The Kier molecular flexibility index (Phi) is 7.09. The van der Waals surface area contributed by atoms with E-state index in [2.05, 4.69) is 0 Å². The SMILES string of the molecule is CCOC(CCOc1ccc(Cl)cc1C)OCC. The molecular formula is C14H21ClO3. The second kappa shape index (κ2) is 8.35. The van der Waals surface area contributed by atoms with Gasteiger partial charge in [-0.3, -0.25) is 0 Å². The molecule has 0 spiro atoms. The molecule has 0 N–H and O–H groups in total. The van der Waals surface area contributed by atoms with E-state index in [4.69, 9.17) is 25.8 Å². The number of halogens is 1. The molecule has 1 rings (SSSR count). The molecule has 1 aromatic carbocycles. The number of aryl methyl sites for hydroxylation is 1. The molecule has 0 radical (unpaired) electrons. The Balaban J connectivity index is 2.39. The minimum atomic E-state index is -0.187. The minimum Gasteiger partial charge on any atom is -0.493 e. The van der Waals surface area contributed by atoms with Crippen molar-refractivity contribution in [1.82, 2.24) is 0 Å². The van der Waals surface area contributed by atoms with Gasteiger partial charge in [0.1, 0.15) is 5.75 Å². The van der Waals surface area contributed by atoms with E-state index in [1.54, 1.807) is 0 Å². The summed E-state index contributed by atoms with van der Waals surface area (Å²) in [5.41, 5.74) is 1.03. The molecule has 0 aliphatic carbocycles. The first-order chi connectivity index (χ1) is 8.67. The molecule has 0 aromatic heterocycles. The van der Waals surface area contributed by atoms with Crippen LogP contribution < -0.4 is 4.74 Å². The van der Waals surface area contributed by atoms with Gasteiger partial charge in [-0.2, -0.15) is 0 Å². The van der Waals surface area contributed by atoms with Crippen LogP contribution in [0.15, 0.2) is 18.2 Å². The van der Waals surface area contributed by atoms with Crippen LogP contribution in [0, 0.1) is 6.92 Å². The van der Waals surface area contributed by atoms with Crippen LogP contribution in [0.25, 0.3) is 0 Å². The Morgan fingerprint density at radius 3 is 2.39 bits per heavy atom. The monoisotopic (exact) mass is 272 g/mol. The Labute approximate surface area is 114 Å². The van der Waals surface area contributed by atoms with Crippen molar-refractivity contribution in [3.63, 3.8) is 0 Å². The summed E-state index contributed by atoms with van der Waals surface area (Å²) < 4.78 is 16.6. The topological polar surface area (TPSA) is 27.7 Å². The maximum atomic E-state index is 5.89. The molecule has 18 heavy (non-hydrogen) atoms. The van der Waals surface area contributed by atoms with Gasteiger partial charge in [0.05, 0.1) is 6.61 Å². The normalized spacial score (nSPS) is 10.9. The van der Waals surface area contributed by atoms with Crippen molar-refractivity contribution in [2.24, 2.45) is 0 Å². The summed E-state index contributed by atoms with van der Waals surface area (Å²) in [5.74, 6) is 0.853. The highest BCUT2D eigenvalue weighted by molar-refractivity contribution is 6.30. The van der Waals surface area contributed by atoms with Crippen molar-refractivity contribution in [2.75, 3.05) is 19.8 Å². The summed E-state index contributed by atoms with van der Waals surface area (Å²) >= 11 is 5.89. The van der Waals surface area contributed by atoms with Gasteiger partial charge in [0.2, 0.25) is 0 Å². The summed E-state index contributed by atoms with van der Waals surface area (Å²) in [7, 11) is 0. The highest BCUT2D eigenvalue weighted by Crippen LogP contribution is 2.22. The Bertz CT molecular complexity index is 349. The molecule has 0 unspecified atom stereocenters. The van der Waals surface area contributed by atoms with Gasteiger partial charge in [0.25, 0.3) is 0 Å². The van der Waals surface area contributed by atoms with Gasteiger partial charge in [0.15, 0.2) is 6.29 Å².